The summed E-state index contributed by atoms with van der Waals surface area (Å²) in [5, 5.41) is 13.5. The highest BCUT2D eigenvalue weighted by atomic mass is 19.4. The number of aliphatic hydroxyl groups excluding tert-OH is 1. The van der Waals surface area contributed by atoms with E-state index in [1.165, 1.54) is 18.2 Å². The van der Waals surface area contributed by atoms with E-state index in [1.54, 1.807) is 6.07 Å². The average Bonchev–Trinajstić information content (AvgIpc) is 2.59. The molecule has 9 heteroatoms. The van der Waals surface area contributed by atoms with E-state index in [0.29, 0.717) is 11.8 Å². The highest BCUT2D eigenvalue weighted by Gasteiger charge is 2.31. The molecule has 0 fully saturated rings. The van der Waals surface area contributed by atoms with Crippen LogP contribution in [0.3, 0.4) is 0 Å². The smallest absolute Gasteiger partial charge is 0.416 e. The lowest BCUT2D eigenvalue weighted by Gasteiger charge is -2.15. The molecule has 0 aliphatic rings. The van der Waals surface area contributed by atoms with Gasteiger partial charge in [-0.2, -0.15) is 13.2 Å². The first-order chi connectivity index (χ1) is 12.3. The fourth-order valence-corrected chi connectivity index (χ4v) is 2.06. The van der Waals surface area contributed by atoms with E-state index in [9.17, 15) is 22.8 Å². The maximum atomic E-state index is 12.9. The fraction of sp³-hybridized carbons (Fsp3) is 0.176. The molecule has 0 aliphatic heterocycles. The van der Waals surface area contributed by atoms with Crippen molar-refractivity contribution in [3.63, 3.8) is 0 Å². The van der Waals surface area contributed by atoms with Gasteiger partial charge in [0.1, 0.15) is 18.6 Å². The zero-order valence-corrected chi connectivity index (χ0v) is 13.3. The molecule has 0 unspecified atom stereocenters. The molecule has 0 bridgehead atoms. The molecular formula is C17H15F3N2O4. The molecule has 2 aromatic rings. The number of carbonyl (C=O) groups excluding carboxylic acids is 2. The number of benzene rings is 2. The van der Waals surface area contributed by atoms with Crippen molar-refractivity contribution < 1.29 is 32.6 Å². The van der Waals surface area contributed by atoms with Gasteiger partial charge in [0.05, 0.1) is 17.9 Å². The van der Waals surface area contributed by atoms with Crippen LogP contribution in [0.5, 0.6) is 5.75 Å². The highest BCUT2D eigenvalue weighted by Crippen LogP contribution is 2.35. The summed E-state index contributed by atoms with van der Waals surface area (Å²) < 4.78 is 43.8. The van der Waals surface area contributed by atoms with Gasteiger partial charge in [-0.05, 0) is 30.3 Å². The van der Waals surface area contributed by atoms with E-state index in [0.717, 1.165) is 18.2 Å². The molecule has 0 saturated heterocycles. The number of aliphatic hydroxyl groups is 1. The Labute approximate surface area is 146 Å². The Morgan fingerprint density at radius 2 is 1.92 bits per heavy atom. The predicted molar refractivity (Wildman–Crippen MR) is 88.5 cm³/mol. The number of halogens is 3. The van der Waals surface area contributed by atoms with Gasteiger partial charge < -0.3 is 20.5 Å². The van der Waals surface area contributed by atoms with Gasteiger partial charge >= 0.3 is 12.2 Å². The van der Waals surface area contributed by atoms with E-state index in [2.05, 4.69) is 10.6 Å². The summed E-state index contributed by atoms with van der Waals surface area (Å²) in [7, 11) is 0. The van der Waals surface area contributed by atoms with Crippen LogP contribution < -0.4 is 15.4 Å². The number of nitrogens with one attached hydrogen (secondary N) is 2. The first-order valence-electron chi connectivity index (χ1n) is 7.41. The second-order valence-electron chi connectivity index (χ2n) is 5.10. The highest BCUT2D eigenvalue weighted by molar-refractivity contribution is 6.01. The Hall–Kier alpha value is -3.07. The minimum atomic E-state index is -4.60. The van der Waals surface area contributed by atoms with Crippen LogP contribution in [0.2, 0.25) is 0 Å². The molecule has 2 rings (SSSR count). The minimum Gasteiger partial charge on any atom is -0.489 e. The Morgan fingerprint density at radius 1 is 1.15 bits per heavy atom. The predicted octanol–water partition coefficient (Wildman–Crippen LogP) is 3.53. The van der Waals surface area contributed by atoms with Crippen molar-refractivity contribution in [2.45, 2.75) is 6.18 Å². The van der Waals surface area contributed by atoms with Gasteiger partial charge in [0.15, 0.2) is 0 Å². The van der Waals surface area contributed by atoms with Crippen LogP contribution in [0, 0.1) is 0 Å². The molecule has 138 valence electrons. The number of urea groups is 1. The summed E-state index contributed by atoms with van der Waals surface area (Å²) >= 11 is 0. The van der Waals surface area contributed by atoms with Crippen molar-refractivity contribution in [2.24, 2.45) is 0 Å². The van der Waals surface area contributed by atoms with Gasteiger partial charge in [0, 0.05) is 11.3 Å². The van der Waals surface area contributed by atoms with E-state index in [4.69, 9.17) is 9.84 Å². The molecule has 2 amide bonds. The summed E-state index contributed by atoms with van der Waals surface area (Å²) in [6.07, 6.45) is -4.00. The summed E-state index contributed by atoms with van der Waals surface area (Å²) in [6.45, 7) is -0.492. The lowest BCUT2D eigenvalue weighted by atomic mass is 10.1. The van der Waals surface area contributed by atoms with Crippen molar-refractivity contribution >= 4 is 23.7 Å². The molecule has 0 radical (unpaired) electrons. The van der Waals surface area contributed by atoms with E-state index in [-0.39, 0.29) is 30.3 Å². The second-order valence-corrected chi connectivity index (χ2v) is 5.10. The number of hydrogen-bond acceptors (Lipinski definition) is 4. The van der Waals surface area contributed by atoms with Gasteiger partial charge in [-0.3, -0.25) is 4.79 Å². The van der Waals surface area contributed by atoms with Crippen LogP contribution in [-0.4, -0.2) is 30.6 Å². The van der Waals surface area contributed by atoms with Crippen LogP contribution in [-0.2, 0) is 6.18 Å². The molecule has 3 N–H and O–H groups in total. The van der Waals surface area contributed by atoms with Crippen molar-refractivity contribution in [1.29, 1.82) is 0 Å². The lowest BCUT2D eigenvalue weighted by molar-refractivity contribution is -0.137. The van der Waals surface area contributed by atoms with Crippen molar-refractivity contribution in [3.05, 3.63) is 53.6 Å². The Kier molecular flexibility index (Phi) is 6.18. The number of carbonyl (C=O) groups is 2. The third-order valence-electron chi connectivity index (χ3n) is 3.18. The van der Waals surface area contributed by atoms with Crippen LogP contribution in [0.25, 0.3) is 0 Å². The molecule has 26 heavy (non-hydrogen) atoms. The number of amides is 2. The molecular weight excluding hydrogens is 353 g/mol. The molecule has 0 spiro atoms. The fourth-order valence-electron chi connectivity index (χ4n) is 2.06. The number of ether oxygens (including phenoxy) is 1. The number of alkyl halides is 3. The van der Waals surface area contributed by atoms with Crippen molar-refractivity contribution in [3.8, 4) is 5.75 Å². The molecule has 6 nitrogen and oxygen atoms in total. The maximum Gasteiger partial charge on any atom is 0.416 e. The maximum absolute atomic E-state index is 12.9. The topological polar surface area (TPSA) is 87.7 Å². The Balaban J connectivity index is 2.21. The molecule has 0 atom stereocenters. The molecule has 0 aliphatic carbocycles. The Bertz CT molecular complexity index is 794. The zero-order chi connectivity index (χ0) is 19.2. The summed E-state index contributed by atoms with van der Waals surface area (Å²) in [4.78, 5) is 22.8. The number of hydrogen-bond donors (Lipinski definition) is 3. The number of aldehydes is 1. The summed E-state index contributed by atoms with van der Waals surface area (Å²) in [5.74, 6) is -0.0242. The van der Waals surface area contributed by atoms with Gasteiger partial charge in [-0.15, -0.1) is 0 Å². The molecule has 2 aromatic carbocycles. The van der Waals surface area contributed by atoms with E-state index in [1.807, 2.05) is 0 Å². The van der Waals surface area contributed by atoms with Crippen LogP contribution in [0.4, 0.5) is 29.3 Å². The lowest BCUT2D eigenvalue weighted by Crippen LogP contribution is -2.20. The third-order valence-corrected chi connectivity index (χ3v) is 3.18. The van der Waals surface area contributed by atoms with Gasteiger partial charge in [0.2, 0.25) is 0 Å². The van der Waals surface area contributed by atoms with Crippen LogP contribution >= 0.6 is 0 Å². The van der Waals surface area contributed by atoms with Crippen molar-refractivity contribution in [1.82, 2.24) is 0 Å². The molecule has 0 aromatic heterocycles. The van der Waals surface area contributed by atoms with Gasteiger partial charge in [-0.1, -0.05) is 12.1 Å². The van der Waals surface area contributed by atoms with Gasteiger partial charge in [0.25, 0.3) is 0 Å². The van der Waals surface area contributed by atoms with Crippen molar-refractivity contribution in [2.75, 3.05) is 23.8 Å². The largest absolute Gasteiger partial charge is 0.489 e. The second kappa shape index (κ2) is 8.34. The number of rotatable bonds is 6. The van der Waals surface area contributed by atoms with E-state index < -0.39 is 17.8 Å². The first-order valence-corrected chi connectivity index (χ1v) is 7.41. The average molecular weight is 368 g/mol. The molecule has 0 heterocycles. The molecule has 0 saturated carbocycles. The number of anilines is 2. The normalized spacial score (nSPS) is 10.9. The van der Waals surface area contributed by atoms with Crippen LogP contribution in [0.1, 0.15) is 15.9 Å². The zero-order valence-electron chi connectivity index (χ0n) is 13.3. The standard InChI is InChI=1S/C17H15F3N2O4/c18-17(19,20)12-4-5-15(26-7-6-23)14(9-12)22-16(25)21-13-3-1-2-11(8-13)10-24/h1-5,8-10,23H,6-7H2,(H2,21,22,25). The summed E-state index contributed by atoms with van der Waals surface area (Å²) in [6, 6.07) is 7.77. The Morgan fingerprint density at radius 3 is 2.58 bits per heavy atom. The van der Waals surface area contributed by atoms with Crippen LogP contribution in [0.15, 0.2) is 42.5 Å². The first kappa shape index (κ1) is 19.3. The quantitative estimate of drug-likeness (QED) is 0.681. The van der Waals surface area contributed by atoms with E-state index >= 15 is 0 Å². The SMILES string of the molecule is O=Cc1cccc(NC(=O)Nc2cc(C(F)(F)F)ccc2OCCO)c1. The van der Waals surface area contributed by atoms with Gasteiger partial charge in [-0.25, -0.2) is 4.79 Å². The third kappa shape index (κ3) is 5.21. The summed E-state index contributed by atoms with van der Waals surface area (Å²) in [5.41, 5.74) is -0.560. The minimum absolute atomic E-state index is 0.0242. The monoisotopic (exact) mass is 368 g/mol.